The molecule has 1 aliphatic rings. The Morgan fingerprint density at radius 2 is 1.89 bits per heavy atom. The van der Waals surface area contributed by atoms with Crippen LogP contribution in [0.1, 0.15) is 29.9 Å². The number of fused-ring (bicyclic) bond motifs is 1. The summed E-state index contributed by atoms with van der Waals surface area (Å²) in [6.45, 7) is 6.27. The monoisotopic (exact) mass is 407 g/mol. The molecule has 0 aliphatic carbocycles. The molecule has 1 aliphatic heterocycles. The molecule has 6 nitrogen and oxygen atoms in total. The normalized spacial score (nSPS) is 14.3. The molecule has 3 rings (SSSR count). The van der Waals surface area contributed by atoms with Crippen molar-refractivity contribution in [3.63, 3.8) is 0 Å². The van der Waals surface area contributed by atoms with Gasteiger partial charge >= 0.3 is 6.03 Å². The average molecular weight is 408 g/mol. The van der Waals surface area contributed by atoms with Crippen molar-refractivity contribution in [3.05, 3.63) is 51.7 Å². The number of hydrogen-bond donors (Lipinski definition) is 1. The maximum atomic E-state index is 12.5. The molecule has 2 aromatic rings. The number of nitrogens with one attached hydrogen (secondary N) is 1. The van der Waals surface area contributed by atoms with E-state index in [9.17, 15) is 13.2 Å². The largest absolute Gasteiger partial charge is 0.334 e. The second-order valence-electron chi connectivity index (χ2n) is 6.43. The Morgan fingerprint density at radius 3 is 2.56 bits per heavy atom. The molecule has 1 N–H and O–H groups in total. The number of thiophene rings is 1. The minimum atomic E-state index is -3.45. The van der Waals surface area contributed by atoms with Crippen LogP contribution in [0.25, 0.3) is 0 Å². The van der Waals surface area contributed by atoms with Crippen molar-refractivity contribution < 1.29 is 13.2 Å². The molecule has 0 unspecified atom stereocenters. The molecule has 0 bridgehead atoms. The minimum Gasteiger partial charge on any atom is -0.334 e. The maximum absolute atomic E-state index is 12.5. The summed E-state index contributed by atoms with van der Waals surface area (Å²) < 4.78 is 26.4. The van der Waals surface area contributed by atoms with Gasteiger partial charge in [0.2, 0.25) is 10.0 Å². The number of urea groups is 1. The Balaban J connectivity index is 1.58. The second kappa shape index (κ2) is 8.41. The first-order chi connectivity index (χ1) is 13.0. The predicted molar refractivity (Wildman–Crippen MR) is 107 cm³/mol. The summed E-state index contributed by atoms with van der Waals surface area (Å²) in [7, 11) is -3.45. The highest BCUT2D eigenvalue weighted by molar-refractivity contribution is 7.89. The van der Waals surface area contributed by atoms with E-state index in [-0.39, 0.29) is 10.9 Å². The molecule has 0 saturated heterocycles. The molecule has 0 atom stereocenters. The van der Waals surface area contributed by atoms with Gasteiger partial charge in [0.1, 0.15) is 0 Å². The molecule has 8 heteroatoms. The number of hydrogen-bond acceptors (Lipinski definition) is 4. The first kappa shape index (κ1) is 19.9. The van der Waals surface area contributed by atoms with E-state index in [4.69, 9.17) is 0 Å². The van der Waals surface area contributed by atoms with E-state index in [0.29, 0.717) is 26.2 Å². The zero-order valence-electron chi connectivity index (χ0n) is 15.6. The van der Waals surface area contributed by atoms with Crippen LogP contribution < -0.4 is 5.32 Å². The van der Waals surface area contributed by atoms with Gasteiger partial charge in [-0.1, -0.05) is 26.0 Å². The summed E-state index contributed by atoms with van der Waals surface area (Å²) in [5.41, 5.74) is 2.10. The van der Waals surface area contributed by atoms with E-state index in [0.717, 1.165) is 18.5 Å². The van der Waals surface area contributed by atoms with Gasteiger partial charge in [0.25, 0.3) is 0 Å². The summed E-state index contributed by atoms with van der Waals surface area (Å²) in [6, 6.07) is 8.70. The van der Waals surface area contributed by atoms with Crippen LogP contribution in [-0.2, 0) is 29.5 Å². The Labute approximate surface area is 164 Å². The fourth-order valence-corrected chi connectivity index (χ4v) is 5.55. The van der Waals surface area contributed by atoms with Crippen molar-refractivity contribution in [1.29, 1.82) is 0 Å². The van der Waals surface area contributed by atoms with Crippen LogP contribution in [0.15, 0.2) is 40.6 Å². The SMILES string of the molecule is CCN(CC)S(=O)(=O)c1ccc(CNC(=O)N2CCc3sccc3C2)cc1. The first-order valence-electron chi connectivity index (χ1n) is 9.12. The van der Waals surface area contributed by atoms with Crippen LogP contribution >= 0.6 is 11.3 Å². The fourth-order valence-electron chi connectivity index (χ4n) is 3.20. The lowest BCUT2D eigenvalue weighted by Crippen LogP contribution is -2.42. The number of nitrogens with zero attached hydrogens (tertiary/aromatic N) is 2. The highest BCUT2D eigenvalue weighted by atomic mass is 32.2. The van der Waals surface area contributed by atoms with E-state index in [1.54, 1.807) is 35.6 Å². The number of benzene rings is 1. The van der Waals surface area contributed by atoms with Gasteiger partial charge in [0.05, 0.1) is 4.90 Å². The zero-order valence-corrected chi connectivity index (χ0v) is 17.3. The van der Waals surface area contributed by atoms with E-state index >= 15 is 0 Å². The first-order valence-corrected chi connectivity index (χ1v) is 11.4. The van der Waals surface area contributed by atoms with Crippen LogP contribution in [0, 0.1) is 0 Å². The third-order valence-corrected chi connectivity index (χ3v) is 7.89. The molecule has 2 heterocycles. The predicted octanol–water partition coefficient (Wildman–Crippen LogP) is 3.05. The van der Waals surface area contributed by atoms with Crippen molar-refractivity contribution in [3.8, 4) is 0 Å². The molecule has 0 saturated carbocycles. The van der Waals surface area contributed by atoms with Gasteiger partial charge in [0, 0.05) is 37.6 Å². The van der Waals surface area contributed by atoms with E-state index in [1.807, 2.05) is 18.7 Å². The van der Waals surface area contributed by atoms with Crippen molar-refractivity contribution in [2.24, 2.45) is 0 Å². The minimum absolute atomic E-state index is 0.0910. The Hall–Kier alpha value is -1.90. The molecular formula is C19H25N3O3S2. The number of carbonyl (C=O) groups excluding carboxylic acids is 1. The van der Waals surface area contributed by atoms with Crippen LogP contribution in [0.5, 0.6) is 0 Å². The van der Waals surface area contributed by atoms with Gasteiger partial charge in [0.15, 0.2) is 0 Å². The van der Waals surface area contributed by atoms with Crippen molar-refractivity contribution >= 4 is 27.4 Å². The lowest BCUT2D eigenvalue weighted by atomic mass is 10.1. The van der Waals surface area contributed by atoms with Gasteiger partial charge in [-0.15, -0.1) is 11.3 Å². The molecule has 2 amide bonds. The topological polar surface area (TPSA) is 69.7 Å². The summed E-state index contributed by atoms with van der Waals surface area (Å²) in [5, 5.41) is 4.99. The summed E-state index contributed by atoms with van der Waals surface area (Å²) in [5.74, 6) is 0. The summed E-state index contributed by atoms with van der Waals surface area (Å²) >= 11 is 1.75. The van der Waals surface area contributed by atoms with Crippen molar-refractivity contribution in [1.82, 2.24) is 14.5 Å². The standard InChI is InChI=1S/C19H25N3O3S2/c1-3-22(4-2)27(24,25)17-7-5-15(6-8-17)13-20-19(23)21-11-9-18-16(14-21)10-12-26-18/h5-8,10,12H,3-4,9,11,13-14H2,1-2H3,(H,20,23). The van der Waals surface area contributed by atoms with Gasteiger partial charge in [-0.3, -0.25) is 0 Å². The Bertz CT molecular complexity index is 887. The van der Waals surface area contributed by atoms with E-state index < -0.39 is 10.0 Å². The van der Waals surface area contributed by atoms with Gasteiger partial charge in [-0.2, -0.15) is 4.31 Å². The number of sulfonamides is 1. The number of carbonyl (C=O) groups is 1. The molecule has 146 valence electrons. The third kappa shape index (κ3) is 4.34. The number of amides is 2. The lowest BCUT2D eigenvalue weighted by Gasteiger charge is -2.27. The molecule has 1 aromatic heterocycles. The zero-order chi connectivity index (χ0) is 19.4. The maximum Gasteiger partial charge on any atom is 0.317 e. The Morgan fingerprint density at radius 1 is 1.19 bits per heavy atom. The summed E-state index contributed by atoms with van der Waals surface area (Å²) in [4.78, 5) is 15.9. The van der Waals surface area contributed by atoms with Crippen LogP contribution in [0.3, 0.4) is 0 Å². The van der Waals surface area contributed by atoms with Crippen LogP contribution in [-0.4, -0.2) is 43.3 Å². The van der Waals surface area contributed by atoms with E-state index in [2.05, 4.69) is 16.8 Å². The smallest absolute Gasteiger partial charge is 0.317 e. The molecule has 0 spiro atoms. The van der Waals surface area contributed by atoms with Gasteiger partial charge in [-0.25, -0.2) is 13.2 Å². The highest BCUT2D eigenvalue weighted by Gasteiger charge is 2.22. The quantitative estimate of drug-likeness (QED) is 0.800. The average Bonchev–Trinajstić information content (AvgIpc) is 3.15. The second-order valence-corrected chi connectivity index (χ2v) is 9.37. The highest BCUT2D eigenvalue weighted by Crippen LogP contribution is 2.24. The number of rotatable bonds is 6. The van der Waals surface area contributed by atoms with Gasteiger partial charge in [-0.05, 0) is 41.1 Å². The molecule has 1 aromatic carbocycles. The van der Waals surface area contributed by atoms with Gasteiger partial charge < -0.3 is 10.2 Å². The van der Waals surface area contributed by atoms with Crippen LogP contribution in [0.4, 0.5) is 4.79 Å². The third-order valence-electron chi connectivity index (χ3n) is 4.81. The van der Waals surface area contributed by atoms with E-state index in [1.165, 1.54) is 14.7 Å². The van der Waals surface area contributed by atoms with Crippen LogP contribution in [0.2, 0.25) is 0 Å². The molecule has 0 radical (unpaired) electrons. The molecule has 27 heavy (non-hydrogen) atoms. The summed E-state index contributed by atoms with van der Waals surface area (Å²) in [6.07, 6.45) is 0.901. The molecular weight excluding hydrogens is 382 g/mol. The fraction of sp³-hybridized carbons (Fsp3) is 0.421. The molecule has 0 fully saturated rings. The van der Waals surface area contributed by atoms with Crippen molar-refractivity contribution in [2.45, 2.75) is 38.3 Å². The van der Waals surface area contributed by atoms with Crippen molar-refractivity contribution in [2.75, 3.05) is 19.6 Å². The lowest BCUT2D eigenvalue weighted by molar-refractivity contribution is 0.192. The Kier molecular flexibility index (Phi) is 6.18.